The van der Waals surface area contributed by atoms with Gasteiger partial charge in [0.15, 0.2) is 0 Å². The Balaban J connectivity index is 0. The summed E-state index contributed by atoms with van der Waals surface area (Å²) < 4.78 is 0. The molecule has 1 fully saturated rings. The van der Waals surface area contributed by atoms with E-state index in [0.29, 0.717) is 0 Å². The van der Waals surface area contributed by atoms with Crippen molar-refractivity contribution in [2.45, 2.75) is 18.9 Å². The van der Waals surface area contributed by atoms with Gasteiger partial charge < -0.3 is 11.8 Å². The van der Waals surface area contributed by atoms with Gasteiger partial charge in [0, 0.05) is 0 Å². The molecule has 0 radical (unpaired) electrons. The van der Waals surface area contributed by atoms with Gasteiger partial charge in [0.25, 0.3) is 0 Å². The van der Waals surface area contributed by atoms with E-state index in [4.69, 9.17) is 5.11 Å². The fourth-order valence-corrected chi connectivity index (χ4v) is 0.895. The Morgan fingerprint density at radius 1 is 1.78 bits per heavy atom. The van der Waals surface area contributed by atoms with Crippen molar-refractivity contribution in [3.8, 4) is 0 Å². The third-order valence-corrected chi connectivity index (χ3v) is 1.36. The van der Waals surface area contributed by atoms with Crippen molar-refractivity contribution < 1.29 is 80.2 Å². The minimum atomic E-state index is -0.720. The third-order valence-electron chi connectivity index (χ3n) is 1.36. The summed E-state index contributed by atoms with van der Waals surface area (Å²) in [5.74, 6) is -0.720. The van der Waals surface area contributed by atoms with E-state index in [0.717, 1.165) is 19.4 Å². The minimum Gasteiger partial charge on any atom is -1.00 e. The molecule has 0 saturated carbocycles. The van der Waals surface area contributed by atoms with Crippen LogP contribution in [0.2, 0.25) is 0 Å². The Labute approximate surface area is 114 Å². The first-order valence-corrected chi connectivity index (χ1v) is 2.77. The fraction of sp³-hybridized carbons (Fsp3) is 0.800. The van der Waals surface area contributed by atoms with Crippen molar-refractivity contribution in [1.82, 2.24) is 5.32 Å². The SMILES string of the molecule is O=C(O)C1CCCN1.[Cs+].[H-]. The van der Waals surface area contributed by atoms with E-state index in [1.165, 1.54) is 0 Å². The van der Waals surface area contributed by atoms with E-state index in [9.17, 15) is 4.79 Å². The molecule has 0 aromatic rings. The minimum absolute atomic E-state index is 0. The Bertz CT molecular complexity index is 106. The van der Waals surface area contributed by atoms with Gasteiger partial charge in [-0.3, -0.25) is 4.79 Å². The average molecular weight is 249 g/mol. The summed E-state index contributed by atoms with van der Waals surface area (Å²) in [5.41, 5.74) is 0. The summed E-state index contributed by atoms with van der Waals surface area (Å²) in [6.45, 7) is 0.858. The molecule has 1 heterocycles. The molecule has 1 atom stereocenters. The van der Waals surface area contributed by atoms with E-state index in [1.54, 1.807) is 0 Å². The maximum atomic E-state index is 10.1. The molecule has 1 unspecified atom stereocenters. The molecular weight excluding hydrogens is 239 g/mol. The van der Waals surface area contributed by atoms with Crippen LogP contribution >= 0.6 is 0 Å². The fourth-order valence-electron chi connectivity index (χ4n) is 0.895. The molecule has 4 heteroatoms. The molecule has 3 nitrogen and oxygen atoms in total. The normalized spacial score (nSPS) is 25.1. The summed E-state index contributed by atoms with van der Waals surface area (Å²) in [5, 5.41) is 11.2. The number of carbonyl (C=O) groups is 1. The van der Waals surface area contributed by atoms with Crippen LogP contribution in [0, 0.1) is 0 Å². The van der Waals surface area contributed by atoms with Crippen LogP contribution in [0.5, 0.6) is 0 Å². The van der Waals surface area contributed by atoms with Crippen molar-refractivity contribution in [3.63, 3.8) is 0 Å². The first kappa shape index (κ1) is 10.5. The Hall–Kier alpha value is 1.48. The Kier molecular flexibility index (Phi) is 6.03. The van der Waals surface area contributed by atoms with Crippen LogP contribution in [0.25, 0.3) is 0 Å². The van der Waals surface area contributed by atoms with Gasteiger partial charge in [-0.1, -0.05) is 0 Å². The predicted octanol–water partition coefficient (Wildman–Crippen LogP) is -3.06. The monoisotopic (exact) mass is 249 g/mol. The number of hydrogen-bond donors (Lipinski definition) is 2. The zero-order valence-corrected chi connectivity index (χ0v) is 11.8. The van der Waals surface area contributed by atoms with Gasteiger partial charge in [0.05, 0.1) is 0 Å². The summed E-state index contributed by atoms with van der Waals surface area (Å²) in [7, 11) is 0. The van der Waals surface area contributed by atoms with Gasteiger partial charge >= 0.3 is 74.9 Å². The van der Waals surface area contributed by atoms with Crippen LogP contribution in [0.3, 0.4) is 0 Å². The van der Waals surface area contributed by atoms with Gasteiger partial charge in [-0.05, 0) is 19.4 Å². The van der Waals surface area contributed by atoms with E-state index in [1.807, 2.05) is 0 Å². The van der Waals surface area contributed by atoms with Crippen LogP contribution in [0.15, 0.2) is 0 Å². The molecule has 48 valence electrons. The van der Waals surface area contributed by atoms with Gasteiger partial charge in [-0.15, -0.1) is 0 Å². The molecular formula is C5H10CsNO2. The smallest absolute Gasteiger partial charge is 1.00 e. The molecule has 2 N–H and O–H groups in total. The second-order valence-electron chi connectivity index (χ2n) is 1.99. The molecule has 0 aliphatic carbocycles. The molecule has 0 aromatic heterocycles. The molecule has 0 spiro atoms. The van der Waals surface area contributed by atoms with Crippen molar-refractivity contribution >= 4 is 5.97 Å². The maximum Gasteiger partial charge on any atom is 1.00 e. The summed E-state index contributed by atoms with van der Waals surface area (Å²) in [6.07, 6.45) is 1.78. The van der Waals surface area contributed by atoms with Gasteiger partial charge in [0.1, 0.15) is 6.04 Å². The van der Waals surface area contributed by atoms with Crippen molar-refractivity contribution in [1.29, 1.82) is 0 Å². The van der Waals surface area contributed by atoms with Gasteiger partial charge in [-0.25, -0.2) is 0 Å². The van der Waals surface area contributed by atoms with E-state index in [-0.39, 0.29) is 76.4 Å². The zero-order chi connectivity index (χ0) is 5.98. The number of aliphatic carboxylic acids is 1. The summed E-state index contributed by atoms with van der Waals surface area (Å²) >= 11 is 0. The number of nitrogens with one attached hydrogen (secondary N) is 1. The largest absolute Gasteiger partial charge is 1.00 e. The molecule has 0 aromatic carbocycles. The summed E-state index contributed by atoms with van der Waals surface area (Å²) in [4.78, 5) is 10.1. The van der Waals surface area contributed by atoms with E-state index >= 15 is 0 Å². The van der Waals surface area contributed by atoms with Crippen LogP contribution in [0.1, 0.15) is 14.3 Å². The molecule has 9 heavy (non-hydrogen) atoms. The first-order chi connectivity index (χ1) is 3.80. The van der Waals surface area contributed by atoms with Crippen molar-refractivity contribution in [2.24, 2.45) is 0 Å². The number of hydrogen-bond acceptors (Lipinski definition) is 2. The summed E-state index contributed by atoms with van der Waals surface area (Å²) in [6, 6.07) is -0.269. The first-order valence-electron chi connectivity index (χ1n) is 2.77. The standard InChI is InChI=1S/C5H9NO2.Cs.H/c7-5(8)4-2-1-3-6-4;;/h4,6H,1-3H2,(H,7,8);;/q;+1;-1. The second kappa shape index (κ2) is 5.17. The van der Waals surface area contributed by atoms with Crippen molar-refractivity contribution in [2.75, 3.05) is 6.54 Å². The van der Waals surface area contributed by atoms with Crippen LogP contribution in [-0.4, -0.2) is 23.7 Å². The number of carboxylic acids is 1. The maximum absolute atomic E-state index is 10.1. The molecule has 1 aliphatic heterocycles. The number of rotatable bonds is 1. The van der Waals surface area contributed by atoms with Gasteiger partial charge in [0.2, 0.25) is 0 Å². The molecule has 0 amide bonds. The topological polar surface area (TPSA) is 49.3 Å². The molecule has 1 saturated heterocycles. The van der Waals surface area contributed by atoms with E-state index in [2.05, 4.69) is 5.32 Å². The molecule has 1 aliphatic rings. The molecule has 0 bridgehead atoms. The number of carboxylic acid groups (broad SMARTS) is 1. The third kappa shape index (κ3) is 3.41. The van der Waals surface area contributed by atoms with Crippen molar-refractivity contribution in [3.05, 3.63) is 0 Å². The molecule has 1 rings (SSSR count). The van der Waals surface area contributed by atoms with Gasteiger partial charge in [-0.2, -0.15) is 0 Å². The Morgan fingerprint density at radius 3 is 2.67 bits per heavy atom. The van der Waals surface area contributed by atoms with E-state index < -0.39 is 5.97 Å². The zero-order valence-electron chi connectivity index (χ0n) is 6.55. The predicted molar refractivity (Wildman–Crippen MR) is 29.8 cm³/mol. The van der Waals surface area contributed by atoms with Crippen LogP contribution in [-0.2, 0) is 4.79 Å². The van der Waals surface area contributed by atoms with Crippen LogP contribution in [0.4, 0.5) is 0 Å². The quantitative estimate of drug-likeness (QED) is 0.519. The van der Waals surface area contributed by atoms with Crippen LogP contribution < -0.4 is 74.2 Å². The second-order valence-corrected chi connectivity index (χ2v) is 1.99. The Morgan fingerprint density at radius 2 is 2.44 bits per heavy atom. The average Bonchev–Trinajstić information content (AvgIpc) is 2.12.